The van der Waals surface area contributed by atoms with Crippen LogP contribution in [0.1, 0.15) is 30.6 Å². The van der Waals surface area contributed by atoms with Crippen LogP contribution in [-0.4, -0.2) is 16.9 Å². The Bertz CT molecular complexity index is 536. The highest BCUT2D eigenvalue weighted by molar-refractivity contribution is 14.1. The third-order valence-corrected chi connectivity index (χ3v) is 3.74. The van der Waals surface area contributed by atoms with Gasteiger partial charge in [-0.1, -0.05) is 19.1 Å². The molecule has 0 aliphatic carbocycles. The van der Waals surface area contributed by atoms with Crippen LogP contribution < -0.4 is 10.5 Å². The van der Waals surface area contributed by atoms with Crippen LogP contribution in [0.25, 0.3) is 0 Å². The molecule has 0 aliphatic heterocycles. The molecule has 0 spiro atoms. The van der Waals surface area contributed by atoms with Gasteiger partial charge in [0.1, 0.15) is 5.69 Å². The molecule has 102 valence electrons. The lowest BCUT2D eigenvalue weighted by atomic mass is 10.0. The number of halogens is 1. The van der Waals surface area contributed by atoms with Crippen LogP contribution in [0.15, 0.2) is 30.5 Å². The maximum Gasteiger partial charge on any atom is 0.161 e. The van der Waals surface area contributed by atoms with Crippen molar-refractivity contribution in [1.29, 1.82) is 0 Å². The number of rotatable bonds is 5. The summed E-state index contributed by atoms with van der Waals surface area (Å²) in [5.74, 6) is 0.750. The van der Waals surface area contributed by atoms with Crippen LogP contribution in [0.3, 0.4) is 0 Å². The Hall–Kier alpha value is -1.08. The Morgan fingerprint density at radius 3 is 2.63 bits per heavy atom. The second-order valence-corrected chi connectivity index (χ2v) is 5.60. The normalized spacial score (nSPS) is 12.4. The number of methoxy groups -OCH3 is 1. The smallest absolute Gasteiger partial charge is 0.161 e. The van der Waals surface area contributed by atoms with Crippen LogP contribution in [0.5, 0.6) is 5.75 Å². The van der Waals surface area contributed by atoms with Crippen molar-refractivity contribution in [2.24, 2.45) is 5.73 Å². The van der Waals surface area contributed by atoms with Gasteiger partial charge >= 0.3 is 0 Å². The highest BCUT2D eigenvalue weighted by Gasteiger charge is 2.19. The maximum absolute atomic E-state index is 6.38. The standard InChI is InChI=1S/C14H18IN3O/c1-3-8-18-14(12(19-2)9-17-18)13(16)10-4-6-11(15)7-5-10/h4-7,9,13H,3,8,16H2,1-2H3. The quantitative estimate of drug-likeness (QED) is 0.823. The summed E-state index contributed by atoms with van der Waals surface area (Å²) in [6.45, 7) is 2.96. The van der Waals surface area contributed by atoms with Crippen molar-refractivity contribution < 1.29 is 4.74 Å². The van der Waals surface area contributed by atoms with Crippen molar-refractivity contribution in [3.63, 3.8) is 0 Å². The molecular weight excluding hydrogens is 353 g/mol. The lowest BCUT2D eigenvalue weighted by Crippen LogP contribution is -2.18. The zero-order chi connectivity index (χ0) is 13.8. The molecule has 1 atom stereocenters. The van der Waals surface area contributed by atoms with Gasteiger partial charge in [0.2, 0.25) is 0 Å². The van der Waals surface area contributed by atoms with Crippen LogP contribution in [0.4, 0.5) is 0 Å². The molecule has 0 saturated carbocycles. The Morgan fingerprint density at radius 2 is 2.05 bits per heavy atom. The molecule has 1 aromatic heterocycles. The summed E-state index contributed by atoms with van der Waals surface area (Å²) < 4.78 is 8.50. The number of hydrogen-bond donors (Lipinski definition) is 1. The van der Waals surface area contributed by atoms with Gasteiger partial charge in [-0.25, -0.2) is 0 Å². The maximum atomic E-state index is 6.38. The SMILES string of the molecule is CCCn1ncc(OC)c1C(N)c1ccc(I)cc1. The van der Waals surface area contributed by atoms with E-state index in [2.05, 4.69) is 58.9 Å². The topological polar surface area (TPSA) is 53.1 Å². The van der Waals surface area contributed by atoms with E-state index < -0.39 is 0 Å². The predicted molar refractivity (Wildman–Crippen MR) is 84.3 cm³/mol. The number of nitrogens with zero attached hydrogens (tertiary/aromatic N) is 2. The van der Waals surface area contributed by atoms with Crippen LogP contribution in [-0.2, 0) is 6.54 Å². The molecule has 0 aliphatic rings. The highest BCUT2D eigenvalue weighted by atomic mass is 127. The van der Waals surface area contributed by atoms with Gasteiger partial charge in [0.15, 0.2) is 5.75 Å². The minimum absolute atomic E-state index is 0.221. The molecular formula is C14H18IN3O. The Balaban J connectivity index is 2.38. The number of aromatic nitrogens is 2. The summed E-state index contributed by atoms with van der Waals surface area (Å²) in [6.07, 6.45) is 2.74. The van der Waals surface area contributed by atoms with Gasteiger partial charge in [0, 0.05) is 10.1 Å². The fraction of sp³-hybridized carbons (Fsp3) is 0.357. The lowest BCUT2D eigenvalue weighted by Gasteiger charge is -2.16. The second kappa shape index (κ2) is 6.38. The summed E-state index contributed by atoms with van der Waals surface area (Å²) in [5, 5.41) is 4.35. The minimum Gasteiger partial charge on any atom is -0.493 e. The van der Waals surface area contributed by atoms with Gasteiger partial charge in [0.05, 0.1) is 19.3 Å². The number of nitrogens with two attached hydrogens (primary N) is 1. The molecule has 2 N–H and O–H groups in total. The molecule has 0 fully saturated rings. The zero-order valence-corrected chi connectivity index (χ0v) is 13.3. The van der Waals surface area contributed by atoms with Crippen LogP contribution >= 0.6 is 22.6 Å². The molecule has 2 aromatic rings. The summed E-state index contributed by atoms with van der Waals surface area (Å²) >= 11 is 2.28. The molecule has 4 nitrogen and oxygen atoms in total. The summed E-state index contributed by atoms with van der Waals surface area (Å²) in [7, 11) is 1.65. The largest absolute Gasteiger partial charge is 0.493 e. The molecule has 0 amide bonds. The molecule has 0 saturated heterocycles. The molecule has 19 heavy (non-hydrogen) atoms. The predicted octanol–water partition coefficient (Wildman–Crippen LogP) is 2.95. The first-order valence-electron chi connectivity index (χ1n) is 6.28. The van der Waals surface area contributed by atoms with Crippen LogP contribution in [0.2, 0.25) is 0 Å². The Kier molecular flexibility index (Phi) is 4.81. The molecule has 2 rings (SSSR count). The summed E-state index contributed by atoms with van der Waals surface area (Å²) in [6, 6.07) is 8.00. The Morgan fingerprint density at radius 1 is 1.37 bits per heavy atom. The molecule has 0 radical (unpaired) electrons. The Labute approximate surface area is 127 Å². The number of benzene rings is 1. The molecule has 1 aromatic carbocycles. The fourth-order valence-corrected chi connectivity index (χ4v) is 2.43. The average Bonchev–Trinajstić information content (AvgIpc) is 2.82. The van der Waals surface area contributed by atoms with Gasteiger partial charge in [-0.2, -0.15) is 5.10 Å². The fourth-order valence-electron chi connectivity index (χ4n) is 2.07. The first-order valence-corrected chi connectivity index (χ1v) is 7.36. The summed E-state index contributed by atoms with van der Waals surface area (Å²) in [4.78, 5) is 0. The number of hydrogen-bond acceptors (Lipinski definition) is 3. The average molecular weight is 371 g/mol. The minimum atomic E-state index is -0.221. The van der Waals surface area contributed by atoms with Gasteiger partial charge in [-0.3, -0.25) is 4.68 Å². The van der Waals surface area contributed by atoms with E-state index in [9.17, 15) is 0 Å². The van der Waals surface area contributed by atoms with E-state index >= 15 is 0 Å². The van der Waals surface area contributed by atoms with Crippen molar-refractivity contribution >= 4 is 22.6 Å². The van der Waals surface area contributed by atoms with E-state index in [0.29, 0.717) is 0 Å². The lowest BCUT2D eigenvalue weighted by molar-refractivity contribution is 0.404. The van der Waals surface area contributed by atoms with E-state index in [1.54, 1.807) is 13.3 Å². The van der Waals surface area contributed by atoms with Gasteiger partial charge in [-0.15, -0.1) is 0 Å². The van der Waals surface area contributed by atoms with E-state index in [1.165, 1.54) is 3.57 Å². The van der Waals surface area contributed by atoms with Crippen molar-refractivity contribution in [2.75, 3.05) is 7.11 Å². The van der Waals surface area contributed by atoms with Crippen LogP contribution in [0, 0.1) is 3.57 Å². The van der Waals surface area contributed by atoms with Crippen molar-refractivity contribution in [3.05, 3.63) is 45.3 Å². The van der Waals surface area contributed by atoms with Crippen molar-refractivity contribution in [2.45, 2.75) is 25.9 Å². The van der Waals surface area contributed by atoms with Crippen molar-refractivity contribution in [3.8, 4) is 5.75 Å². The van der Waals surface area contributed by atoms with E-state index in [-0.39, 0.29) is 6.04 Å². The van der Waals surface area contributed by atoms with Crippen molar-refractivity contribution in [1.82, 2.24) is 9.78 Å². The molecule has 1 unspecified atom stereocenters. The highest BCUT2D eigenvalue weighted by Crippen LogP contribution is 2.28. The zero-order valence-electron chi connectivity index (χ0n) is 11.1. The molecule has 5 heteroatoms. The van der Waals surface area contributed by atoms with E-state index in [4.69, 9.17) is 10.5 Å². The summed E-state index contributed by atoms with van der Waals surface area (Å²) in [5.41, 5.74) is 8.38. The number of aryl methyl sites for hydroxylation is 1. The number of ether oxygens (including phenoxy) is 1. The molecule has 1 heterocycles. The third kappa shape index (κ3) is 3.09. The first-order chi connectivity index (χ1) is 9.17. The van der Waals surface area contributed by atoms with Gasteiger partial charge in [-0.05, 0) is 46.7 Å². The van der Waals surface area contributed by atoms with Gasteiger partial charge < -0.3 is 10.5 Å². The second-order valence-electron chi connectivity index (χ2n) is 4.35. The van der Waals surface area contributed by atoms with E-state index in [1.807, 2.05) is 4.68 Å². The third-order valence-electron chi connectivity index (χ3n) is 3.02. The first kappa shape index (κ1) is 14.3. The van der Waals surface area contributed by atoms with Gasteiger partial charge in [0.25, 0.3) is 0 Å². The van der Waals surface area contributed by atoms with E-state index in [0.717, 1.165) is 30.0 Å². The monoisotopic (exact) mass is 371 g/mol. The molecule has 0 bridgehead atoms.